The van der Waals surface area contributed by atoms with Crippen LogP contribution in [0.25, 0.3) is 22.6 Å². The number of halogens is 1. The Hall–Kier alpha value is -4.34. The summed E-state index contributed by atoms with van der Waals surface area (Å²) in [5.74, 6) is 1.04. The summed E-state index contributed by atoms with van der Waals surface area (Å²) >= 11 is 0. The number of hydrogen-bond donors (Lipinski definition) is 2. The van der Waals surface area contributed by atoms with E-state index in [-0.39, 0.29) is 12.5 Å². The van der Waals surface area contributed by atoms with Gasteiger partial charge in [0.05, 0.1) is 30.3 Å². The Balaban J connectivity index is 1.62. The zero-order valence-corrected chi connectivity index (χ0v) is 17.3. The first-order chi connectivity index (χ1) is 15.5. The van der Waals surface area contributed by atoms with E-state index in [0.29, 0.717) is 45.7 Å². The number of aryl methyl sites for hydroxylation is 1. The molecule has 0 atom stereocenters. The number of anilines is 3. The van der Waals surface area contributed by atoms with Crippen LogP contribution in [-0.4, -0.2) is 44.7 Å². The smallest absolute Gasteiger partial charge is 0.245 e. The third-order valence-corrected chi connectivity index (χ3v) is 5.21. The highest BCUT2D eigenvalue weighted by atomic mass is 19.1. The Morgan fingerprint density at radius 2 is 2.00 bits per heavy atom. The molecule has 1 amide bonds. The maximum Gasteiger partial charge on any atom is 0.245 e. The van der Waals surface area contributed by atoms with E-state index in [1.54, 1.807) is 24.1 Å². The summed E-state index contributed by atoms with van der Waals surface area (Å²) in [6.07, 6.45) is 2.84. The van der Waals surface area contributed by atoms with Crippen LogP contribution in [0.2, 0.25) is 0 Å². The molecule has 10 heteroatoms. The summed E-state index contributed by atoms with van der Waals surface area (Å²) in [5, 5.41) is 9.19. The minimum absolute atomic E-state index is 0.0449. The van der Waals surface area contributed by atoms with Gasteiger partial charge in [0.25, 0.3) is 0 Å². The van der Waals surface area contributed by atoms with Gasteiger partial charge in [0, 0.05) is 5.56 Å². The van der Waals surface area contributed by atoms with Crippen molar-refractivity contribution >= 4 is 23.2 Å². The molecule has 0 spiro atoms. The van der Waals surface area contributed by atoms with Crippen molar-refractivity contribution in [3.05, 3.63) is 60.3 Å². The molecule has 0 bridgehead atoms. The van der Waals surface area contributed by atoms with E-state index < -0.39 is 5.82 Å². The van der Waals surface area contributed by atoms with Crippen molar-refractivity contribution in [2.24, 2.45) is 0 Å². The second-order valence-electron chi connectivity index (χ2n) is 7.21. The van der Waals surface area contributed by atoms with Gasteiger partial charge in [-0.2, -0.15) is 5.10 Å². The van der Waals surface area contributed by atoms with E-state index in [0.717, 1.165) is 5.56 Å². The molecule has 5 rings (SSSR count). The van der Waals surface area contributed by atoms with Crippen molar-refractivity contribution in [3.63, 3.8) is 0 Å². The number of H-pyrrole nitrogens is 1. The number of benzene rings is 2. The second kappa shape index (κ2) is 7.73. The number of rotatable bonds is 4. The predicted octanol–water partition coefficient (Wildman–Crippen LogP) is 3.48. The van der Waals surface area contributed by atoms with E-state index in [1.807, 2.05) is 25.1 Å². The van der Waals surface area contributed by atoms with E-state index in [9.17, 15) is 9.18 Å². The van der Waals surface area contributed by atoms with E-state index in [1.165, 1.54) is 18.6 Å². The molecular formula is C22H18FN7O2. The molecule has 0 unspecified atom stereocenters. The SMILES string of the molecule is COc1ccccc1N1CC(=O)Nc2ncc(-c3cc(F)c(-c4ncn[nH]4)cc3C)nc21. The molecule has 32 heavy (non-hydrogen) atoms. The highest BCUT2D eigenvalue weighted by Gasteiger charge is 2.28. The van der Waals surface area contributed by atoms with Crippen molar-refractivity contribution in [2.45, 2.75) is 6.92 Å². The Bertz CT molecular complexity index is 1320. The van der Waals surface area contributed by atoms with Crippen molar-refractivity contribution in [1.29, 1.82) is 0 Å². The number of nitrogens with one attached hydrogen (secondary N) is 2. The Morgan fingerprint density at radius 1 is 1.16 bits per heavy atom. The molecule has 2 aromatic carbocycles. The number of fused-ring (bicyclic) bond motifs is 1. The maximum absolute atomic E-state index is 14.9. The fourth-order valence-corrected chi connectivity index (χ4v) is 3.70. The molecule has 2 aromatic heterocycles. The van der Waals surface area contributed by atoms with Crippen molar-refractivity contribution in [2.75, 3.05) is 23.9 Å². The van der Waals surface area contributed by atoms with Gasteiger partial charge in [-0.15, -0.1) is 0 Å². The lowest BCUT2D eigenvalue weighted by Gasteiger charge is -2.30. The Morgan fingerprint density at radius 3 is 2.78 bits per heavy atom. The summed E-state index contributed by atoms with van der Waals surface area (Å²) in [6.45, 7) is 1.90. The number of para-hydroxylation sites is 2. The topological polar surface area (TPSA) is 109 Å². The van der Waals surface area contributed by atoms with Crippen LogP contribution in [0.3, 0.4) is 0 Å². The Kier molecular flexibility index (Phi) is 4.74. The largest absolute Gasteiger partial charge is 0.495 e. The predicted molar refractivity (Wildman–Crippen MR) is 116 cm³/mol. The highest BCUT2D eigenvalue weighted by Crippen LogP contribution is 2.39. The van der Waals surface area contributed by atoms with Gasteiger partial charge in [0.15, 0.2) is 17.5 Å². The van der Waals surface area contributed by atoms with Gasteiger partial charge >= 0.3 is 0 Å². The third-order valence-electron chi connectivity index (χ3n) is 5.21. The number of aromatic amines is 1. The third kappa shape index (κ3) is 3.31. The van der Waals surface area contributed by atoms with Crippen LogP contribution in [0, 0.1) is 12.7 Å². The number of ether oxygens (including phenoxy) is 1. The molecule has 1 aliphatic rings. The van der Waals surface area contributed by atoms with Gasteiger partial charge in [-0.3, -0.25) is 9.89 Å². The first-order valence-electron chi connectivity index (χ1n) is 9.79. The summed E-state index contributed by atoms with van der Waals surface area (Å²) in [4.78, 5) is 27.2. The van der Waals surface area contributed by atoms with Crippen LogP contribution in [0.15, 0.2) is 48.9 Å². The lowest BCUT2D eigenvalue weighted by Crippen LogP contribution is -2.36. The van der Waals surface area contributed by atoms with Crippen LogP contribution >= 0.6 is 0 Å². The van der Waals surface area contributed by atoms with Crippen molar-refractivity contribution in [3.8, 4) is 28.4 Å². The normalized spacial score (nSPS) is 13.0. The van der Waals surface area contributed by atoms with Gasteiger partial charge in [-0.1, -0.05) is 12.1 Å². The summed E-state index contributed by atoms with van der Waals surface area (Å²) in [7, 11) is 1.56. The fraction of sp³-hybridized carbons (Fsp3) is 0.136. The average molecular weight is 431 g/mol. The van der Waals surface area contributed by atoms with Crippen LogP contribution < -0.4 is 15.0 Å². The van der Waals surface area contributed by atoms with E-state index in [4.69, 9.17) is 9.72 Å². The standard InChI is InChI=1S/C22H18FN7O2/c1-12-7-14(20-25-11-26-29-20)15(23)8-13(12)16-9-24-21-22(27-16)30(10-19(31)28-21)17-5-3-4-6-18(17)32-2/h3-9,11H,10H2,1-2H3,(H,24,28,31)(H,25,26,29). The molecule has 2 N–H and O–H groups in total. The molecule has 3 heterocycles. The molecule has 1 aliphatic heterocycles. The minimum atomic E-state index is -0.461. The summed E-state index contributed by atoms with van der Waals surface area (Å²) in [6, 6.07) is 10.4. The molecular weight excluding hydrogens is 413 g/mol. The first kappa shape index (κ1) is 19.6. The molecule has 0 fully saturated rings. The van der Waals surface area contributed by atoms with Crippen LogP contribution in [0.1, 0.15) is 5.56 Å². The number of carbonyl (C=O) groups excluding carboxylic acids is 1. The maximum atomic E-state index is 14.9. The molecule has 0 aliphatic carbocycles. The van der Waals surface area contributed by atoms with Crippen LogP contribution in [-0.2, 0) is 4.79 Å². The van der Waals surface area contributed by atoms with E-state index >= 15 is 0 Å². The fourth-order valence-electron chi connectivity index (χ4n) is 3.70. The monoisotopic (exact) mass is 431 g/mol. The van der Waals surface area contributed by atoms with Gasteiger partial charge in [0.2, 0.25) is 5.91 Å². The number of methoxy groups -OCH3 is 1. The van der Waals surface area contributed by atoms with E-state index in [2.05, 4.69) is 25.5 Å². The number of nitrogens with zero attached hydrogens (tertiary/aromatic N) is 5. The summed E-state index contributed by atoms with van der Waals surface area (Å²) in [5.41, 5.74) is 2.84. The molecule has 160 valence electrons. The zero-order valence-electron chi connectivity index (χ0n) is 17.3. The second-order valence-corrected chi connectivity index (χ2v) is 7.21. The Labute approximate surface area is 182 Å². The quantitative estimate of drug-likeness (QED) is 0.509. The molecule has 0 saturated carbocycles. The van der Waals surface area contributed by atoms with Crippen molar-refractivity contribution < 1.29 is 13.9 Å². The molecule has 4 aromatic rings. The van der Waals surface area contributed by atoms with Crippen LogP contribution in [0.4, 0.5) is 21.7 Å². The number of aromatic nitrogens is 5. The van der Waals surface area contributed by atoms with Gasteiger partial charge in [-0.05, 0) is 36.8 Å². The number of hydrogen-bond acceptors (Lipinski definition) is 7. The van der Waals surface area contributed by atoms with Crippen molar-refractivity contribution in [1.82, 2.24) is 25.1 Å². The lowest BCUT2D eigenvalue weighted by molar-refractivity contribution is -0.115. The number of amides is 1. The van der Waals surface area contributed by atoms with Gasteiger partial charge in [-0.25, -0.2) is 19.3 Å². The van der Waals surface area contributed by atoms with Gasteiger partial charge in [0.1, 0.15) is 24.4 Å². The average Bonchev–Trinajstić information content (AvgIpc) is 3.34. The lowest BCUT2D eigenvalue weighted by atomic mass is 10.0. The van der Waals surface area contributed by atoms with Crippen LogP contribution in [0.5, 0.6) is 5.75 Å². The first-order valence-corrected chi connectivity index (χ1v) is 9.79. The highest BCUT2D eigenvalue weighted by molar-refractivity contribution is 6.01. The molecule has 0 saturated heterocycles. The molecule has 0 radical (unpaired) electrons. The molecule has 9 nitrogen and oxygen atoms in total. The summed E-state index contributed by atoms with van der Waals surface area (Å²) < 4.78 is 20.4. The van der Waals surface area contributed by atoms with Gasteiger partial charge < -0.3 is 15.0 Å². The minimum Gasteiger partial charge on any atom is -0.495 e. The number of carbonyl (C=O) groups is 1. The zero-order chi connectivity index (χ0) is 22.2.